The second-order valence-corrected chi connectivity index (χ2v) is 6.69. The van der Waals surface area contributed by atoms with Crippen molar-refractivity contribution < 1.29 is 9.59 Å². The van der Waals surface area contributed by atoms with Crippen LogP contribution in [0, 0.1) is 6.92 Å². The molecule has 0 aliphatic heterocycles. The quantitative estimate of drug-likeness (QED) is 0.596. The lowest BCUT2D eigenvalue weighted by atomic mass is 10.1. The molecule has 0 saturated heterocycles. The largest absolute Gasteiger partial charge is 0.366 e. The zero-order chi connectivity index (χ0) is 21.0. The number of carbonyl (C=O) groups excluding carboxylic acids is 2. The normalized spacial score (nSPS) is 10.3. The maximum absolute atomic E-state index is 12.2. The van der Waals surface area contributed by atoms with Crippen molar-refractivity contribution >= 4 is 35.0 Å². The Labute approximate surface area is 168 Å². The van der Waals surface area contributed by atoms with E-state index in [1.165, 1.54) is 4.90 Å². The molecule has 0 saturated carbocycles. The lowest BCUT2D eigenvalue weighted by molar-refractivity contribution is 0.0827. The Bertz CT molecular complexity index is 1060. The second-order valence-electron chi connectivity index (χ2n) is 6.69. The summed E-state index contributed by atoms with van der Waals surface area (Å²) in [5.74, 6) is 0.334. The average molecular weight is 390 g/mol. The van der Waals surface area contributed by atoms with Gasteiger partial charge in [-0.25, -0.2) is 4.98 Å². The monoisotopic (exact) mass is 390 g/mol. The van der Waals surface area contributed by atoms with Gasteiger partial charge in [0.1, 0.15) is 5.82 Å². The Morgan fingerprint density at radius 3 is 2.52 bits per heavy atom. The van der Waals surface area contributed by atoms with Gasteiger partial charge in [0.25, 0.3) is 5.91 Å². The zero-order valence-corrected chi connectivity index (χ0v) is 16.4. The molecule has 0 spiro atoms. The van der Waals surface area contributed by atoms with Crippen LogP contribution in [0.1, 0.15) is 26.3 Å². The van der Waals surface area contributed by atoms with E-state index in [4.69, 9.17) is 5.73 Å². The van der Waals surface area contributed by atoms with Crippen molar-refractivity contribution in [1.82, 2.24) is 14.9 Å². The van der Waals surface area contributed by atoms with Gasteiger partial charge in [0.2, 0.25) is 11.9 Å². The fourth-order valence-electron chi connectivity index (χ4n) is 2.65. The lowest BCUT2D eigenvalue weighted by Gasteiger charge is -2.14. The number of anilines is 4. The van der Waals surface area contributed by atoms with Gasteiger partial charge in [0.05, 0.1) is 0 Å². The molecule has 3 aromatic rings. The Hall–Kier alpha value is -3.94. The van der Waals surface area contributed by atoms with Crippen LogP contribution in [-0.4, -0.2) is 40.8 Å². The fourth-order valence-corrected chi connectivity index (χ4v) is 2.65. The molecule has 0 atom stereocenters. The van der Waals surface area contributed by atoms with Gasteiger partial charge in [-0.1, -0.05) is 12.1 Å². The van der Waals surface area contributed by atoms with E-state index >= 15 is 0 Å². The summed E-state index contributed by atoms with van der Waals surface area (Å²) in [5.41, 5.74) is 8.69. The van der Waals surface area contributed by atoms with Crippen molar-refractivity contribution in [2.45, 2.75) is 6.92 Å². The van der Waals surface area contributed by atoms with E-state index < -0.39 is 5.91 Å². The first-order valence-electron chi connectivity index (χ1n) is 8.93. The summed E-state index contributed by atoms with van der Waals surface area (Å²) in [5, 5.41) is 6.28. The number of hydrogen-bond donors (Lipinski definition) is 3. The van der Waals surface area contributed by atoms with Gasteiger partial charge < -0.3 is 21.3 Å². The Morgan fingerprint density at radius 2 is 1.79 bits per heavy atom. The minimum absolute atomic E-state index is 0.0765. The van der Waals surface area contributed by atoms with Gasteiger partial charge in [-0.2, -0.15) is 4.98 Å². The number of nitrogens with zero attached hydrogens (tertiary/aromatic N) is 3. The van der Waals surface area contributed by atoms with Crippen LogP contribution in [0.25, 0.3) is 0 Å². The number of primary amides is 1. The number of benzene rings is 2. The molecule has 4 N–H and O–H groups in total. The maximum Gasteiger partial charge on any atom is 0.253 e. The summed E-state index contributed by atoms with van der Waals surface area (Å²) in [6, 6.07) is 14.0. The van der Waals surface area contributed by atoms with Gasteiger partial charge in [0.15, 0.2) is 0 Å². The fraction of sp³-hybridized carbons (Fsp3) is 0.143. The molecular weight excluding hydrogens is 368 g/mol. The molecule has 0 fully saturated rings. The summed E-state index contributed by atoms with van der Waals surface area (Å²) in [4.78, 5) is 33.7. The van der Waals surface area contributed by atoms with E-state index in [-0.39, 0.29) is 5.91 Å². The third-order valence-corrected chi connectivity index (χ3v) is 4.21. The topological polar surface area (TPSA) is 113 Å². The van der Waals surface area contributed by atoms with E-state index in [1.54, 1.807) is 62.8 Å². The smallest absolute Gasteiger partial charge is 0.253 e. The van der Waals surface area contributed by atoms with Crippen molar-refractivity contribution in [2.75, 3.05) is 24.7 Å². The van der Waals surface area contributed by atoms with Crippen molar-refractivity contribution in [3.8, 4) is 0 Å². The highest BCUT2D eigenvalue weighted by atomic mass is 16.2. The second kappa shape index (κ2) is 8.39. The van der Waals surface area contributed by atoms with Crippen molar-refractivity contribution in [3.63, 3.8) is 0 Å². The van der Waals surface area contributed by atoms with Gasteiger partial charge in [-0.15, -0.1) is 0 Å². The minimum Gasteiger partial charge on any atom is -0.366 e. The van der Waals surface area contributed by atoms with Crippen LogP contribution >= 0.6 is 0 Å². The van der Waals surface area contributed by atoms with Gasteiger partial charge in [-0.3, -0.25) is 9.59 Å². The van der Waals surface area contributed by atoms with Crippen LogP contribution in [0.5, 0.6) is 0 Å². The number of nitrogens with two attached hydrogens (primary N) is 1. The molecule has 0 aliphatic rings. The van der Waals surface area contributed by atoms with Crippen LogP contribution < -0.4 is 16.4 Å². The number of amides is 2. The summed E-state index contributed by atoms with van der Waals surface area (Å²) in [6.45, 7) is 1.95. The van der Waals surface area contributed by atoms with E-state index in [1.807, 2.05) is 13.0 Å². The van der Waals surface area contributed by atoms with Gasteiger partial charge in [-0.05, 0) is 48.9 Å². The van der Waals surface area contributed by atoms with Crippen molar-refractivity contribution in [3.05, 3.63) is 71.4 Å². The molecule has 8 heteroatoms. The third-order valence-electron chi connectivity index (χ3n) is 4.21. The molecule has 0 unspecified atom stereocenters. The van der Waals surface area contributed by atoms with Crippen LogP contribution in [0.3, 0.4) is 0 Å². The van der Waals surface area contributed by atoms with Crippen LogP contribution in [0.4, 0.5) is 23.1 Å². The third kappa shape index (κ3) is 4.86. The van der Waals surface area contributed by atoms with Crippen LogP contribution in [-0.2, 0) is 0 Å². The van der Waals surface area contributed by atoms with Gasteiger partial charge >= 0.3 is 0 Å². The van der Waals surface area contributed by atoms with E-state index in [0.29, 0.717) is 28.6 Å². The number of nitrogens with one attached hydrogen (secondary N) is 2. The standard InChI is InChI=1S/C21H22N6O2/c1-13-7-8-15(20(29)27(2)3)12-17(13)25-18-9-10-23-21(26-18)24-16-6-4-5-14(11-16)19(22)28/h4-12H,1-3H3,(H2,22,28)(H2,23,24,25,26). The van der Waals surface area contributed by atoms with E-state index in [2.05, 4.69) is 20.6 Å². The number of aromatic nitrogens is 2. The molecule has 0 radical (unpaired) electrons. The summed E-state index contributed by atoms with van der Waals surface area (Å²) >= 11 is 0. The molecule has 2 amide bonds. The molecule has 0 aliphatic carbocycles. The first-order valence-corrected chi connectivity index (χ1v) is 8.93. The first kappa shape index (κ1) is 19.8. The van der Waals surface area contributed by atoms with Crippen LogP contribution in [0.15, 0.2) is 54.7 Å². The first-order chi connectivity index (χ1) is 13.8. The number of aryl methyl sites for hydroxylation is 1. The highest BCUT2D eigenvalue weighted by Crippen LogP contribution is 2.23. The van der Waals surface area contributed by atoms with E-state index in [9.17, 15) is 9.59 Å². The zero-order valence-electron chi connectivity index (χ0n) is 16.4. The van der Waals surface area contributed by atoms with E-state index in [0.717, 1.165) is 11.3 Å². The summed E-state index contributed by atoms with van der Waals surface area (Å²) in [7, 11) is 3.43. The van der Waals surface area contributed by atoms with Gasteiger partial charge in [0, 0.05) is 42.8 Å². The molecule has 3 rings (SSSR count). The molecule has 8 nitrogen and oxygen atoms in total. The minimum atomic E-state index is -0.507. The highest BCUT2D eigenvalue weighted by Gasteiger charge is 2.11. The molecule has 148 valence electrons. The predicted octanol–water partition coefficient (Wildman–Crippen LogP) is 3.07. The summed E-state index contributed by atoms with van der Waals surface area (Å²) in [6.07, 6.45) is 1.61. The Kier molecular flexibility index (Phi) is 5.73. The SMILES string of the molecule is Cc1ccc(C(=O)N(C)C)cc1Nc1ccnc(Nc2cccc(C(N)=O)c2)n1. The Morgan fingerprint density at radius 1 is 1.00 bits per heavy atom. The maximum atomic E-state index is 12.2. The van der Waals surface area contributed by atoms with Crippen LogP contribution in [0.2, 0.25) is 0 Å². The molecule has 1 aromatic heterocycles. The number of rotatable bonds is 6. The number of hydrogen-bond acceptors (Lipinski definition) is 6. The molecule has 29 heavy (non-hydrogen) atoms. The summed E-state index contributed by atoms with van der Waals surface area (Å²) < 4.78 is 0. The molecule has 2 aromatic carbocycles. The molecule has 0 bridgehead atoms. The molecular formula is C21H22N6O2. The van der Waals surface area contributed by atoms with Crippen molar-refractivity contribution in [2.24, 2.45) is 5.73 Å². The lowest BCUT2D eigenvalue weighted by Crippen LogP contribution is -2.21. The molecule has 1 heterocycles. The predicted molar refractivity (Wildman–Crippen MR) is 113 cm³/mol. The number of carbonyl (C=O) groups is 2. The Balaban J connectivity index is 1.82. The average Bonchev–Trinajstić information content (AvgIpc) is 2.69. The van der Waals surface area contributed by atoms with Crippen molar-refractivity contribution in [1.29, 1.82) is 0 Å². The highest BCUT2D eigenvalue weighted by molar-refractivity contribution is 5.95.